The number of oxazole rings is 1. The molecule has 1 amide bonds. The number of aliphatic hydroxyl groups is 1. The first-order chi connectivity index (χ1) is 19.9. The van der Waals surface area contributed by atoms with E-state index in [4.69, 9.17) is 18.6 Å². The molecule has 220 valence electrons. The molecule has 13 nitrogen and oxygen atoms in total. The fourth-order valence-electron chi connectivity index (χ4n) is 4.57. The van der Waals surface area contributed by atoms with Gasteiger partial charge in [-0.3, -0.25) is 4.79 Å². The van der Waals surface area contributed by atoms with Crippen LogP contribution in [0, 0.1) is 6.92 Å². The fraction of sp³-hybridized carbons (Fsp3) is 0.500. The molecule has 5 rings (SSSR count). The van der Waals surface area contributed by atoms with Crippen LogP contribution in [0.3, 0.4) is 0 Å². The van der Waals surface area contributed by atoms with E-state index in [2.05, 4.69) is 30.9 Å². The molecule has 13 heteroatoms. The number of aromatic nitrogens is 3. The highest BCUT2D eigenvalue weighted by atomic mass is 16.5. The predicted octanol–water partition coefficient (Wildman–Crippen LogP) is 1.05. The Bertz CT molecular complexity index is 1330. The van der Waals surface area contributed by atoms with Crippen LogP contribution in [0.2, 0.25) is 0 Å². The topological polar surface area (TPSA) is 156 Å². The van der Waals surface area contributed by atoms with Crippen molar-refractivity contribution in [2.75, 3.05) is 57.3 Å². The molecule has 1 saturated heterocycles. The molecular weight excluding hydrogens is 530 g/mol. The first-order valence-corrected chi connectivity index (χ1v) is 13.7. The summed E-state index contributed by atoms with van der Waals surface area (Å²) in [5.41, 5.74) is 3.25. The Morgan fingerprint density at radius 3 is 2.85 bits per heavy atom. The monoisotopic (exact) mass is 567 g/mol. The number of hydrogen-bond acceptors (Lipinski definition) is 12. The molecule has 0 unspecified atom stereocenters. The number of nitrogens with zero attached hydrogens (tertiary/aromatic N) is 4. The van der Waals surface area contributed by atoms with Crippen LogP contribution in [0.25, 0.3) is 0 Å². The molecule has 2 aromatic heterocycles. The van der Waals surface area contributed by atoms with E-state index in [1.54, 1.807) is 13.2 Å². The molecule has 0 saturated carbocycles. The second-order valence-electron chi connectivity index (χ2n) is 10.3. The number of amides is 1. The number of carbonyl (C=O) groups is 1. The van der Waals surface area contributed by atoms with E-state index in [9.17, 15) is 9.90 Å². The summed E-state index contributed by atoms with van der Waals surface area (Å²) in [6, 6.07) is 7.46. The smallest absolute Gasteiger partial charge is 0.270 e. The van der Waals surface area contributed by atoms with Crippen LogP contribution in [0.15, 0.2) is 35.1 Å². The van der Waals surface area contributed by atoms with Crippen LogP contribution < -0.4 is 25.6 Å². The Hall–Kier alpha value is -3.78. The van der Waals surface area contributed by atoms with Crippen LogP contribution in [0.4, 0.5) is 11.8 Å². The fourth-order valence-corrected chi connectivity index (χ4v) is 4.57. The standard InChI is InChI=1S/C28H37N7O6/c1-17-25(41-16-31-17)15-40-21-5-4-18-9-22(29-11-19(18)8-21)24(36)12-30-27(37)23-10-26(32-20-13-39-14-20)34-28(33-23)35(2)6-7-38-3/h4-5,8,10,16,20,22,24,29,36H,6-7,9,11-15H2,1-3H3,(H,30,37)(H,32,33,34)/t22-,24+/m0/s1. The van der Waals surface area contributed by atoms with Crippen molar-refractivity contribution >= 4 is 17.7 Å². The molecule has 2 aliphatic rings. The minimum atomic E-state index is -0.798. The number of ether oxygens (including phenoxy) is 3. The van der Waals surface area contributed by atoms with Gasteiger partial charge in [-0.2, -0.15) is 4.98 Å². The number of aliphatic hydroxyl groups excluding tert-OH is 1. The minimum absolute atomic E-state index is 0.0711. The predicted molar refractivity (Wildman–Crippen MR) is 150 cm³/mol. The van der Waals surface area contributed by atoms with Gasteiger partial charge in [0, 0.05) is 45.9 Å². The van der Waals surface area contributed by atoms with E-state index in [1.165, 1.54) is 6.39 Å². The molecule has 2 atom stereocenters. The van der Waals surface area contributed by atoms with E-state index in [0.29, 0.717) is 63.5 Å². The molecule has 1 aromatic carbocycles. The van der Waals surface area contributed by atoms with Crippen molar-refractivity contribution in [3.63, 3.8) is 0 Å². The number of carbonyl (C=O) groups excluding carboxylic acids is 1. The third-order valence-electron chi connectivity index (χ3n) is 7.23. The van der Waals surface area contributed by atoms with Gasteiger partial charge in [0.15, 0.2) is 12.2 Å². The van der Waals surface area contributed by atoms with E-state index >= 15 is 0 Å². The Labute approximate surface area is 238 Å². The summed E-state index contributed by atoms with van der Waals surface area (Å²) >= 11 is 0. The molecule has 41 heavy (non-hydrogen) atoms. The zero-order valence-electron chi connectivity index (χ0n) is 23.6. The summed E-state index contributed by atoms with van der Waals surface area (Å²) in [5, 5.41) is 20.4. The van der Waals surface area contributed by atoms with Crippen LogP contribution in [-0.2, 0) is 29.0 Å². The summed E-state index contributed by atoms with van der Waals surface area (Å²) in [5.74, 6) is 2.00. The molecule has 0 bridgehead atoms. The molecule has 0 radical (unpaired) electrons. The van der Waals surface area contributed by atoms with Gasteiger partial charge in [0.1, 0.15) is 23.9 Å². The quantitative estimate of drug-likeness (QED) is 0.233. The van der Waals surface area contributed by atoms with Crippen molar-refractivity contribution in [1.82, 2.24) is 25.6 Å². The first kappa shape index (κ1) is 28.7. The molecule has 4 heterocycles. The number of methoxy groups -OCH3 is 1. The number of rotatable bonds is 13. The van der Waals surface area contributed by atoms with Crippen LogP contribution in [0.1, 0.15) is 33.1 Å². The number of anilines is 2. The molecular formula is C28H37N7O6. The summed E-state index contributed by atoms with van der Waals surface area (Å²) in [6.07, 6.45) is 1.23. The number of benzene rings is 1. The van der Waals surface area contributed by atoms with Gasteiger partial charge >= 0.3 is 0 Å². The Morgan fingerprint density at radius 1 is 1.27 bits per heavy atom. The Kier molecular flexibility index (Phi) is 9.29. The lowest BCUT2D eigenvalue weighted by Crippen LogP contribution is -2.49. The molecule has 4 N–H and O–H groups in total. The molecule has 0 spiro atoms. The second-order valence-corrected chi connectivity index (χ2v) is 10.3. The summed E-state index contributed by atoms with van der Waals surface area (Å²) in [7, 11) is 3.47. The number of aryl methyl sites for hydroxylation is 1. The van der Waals surface area contributed by atoms with Crippen LogP contribution in [0.5, 0.6) is 5.75 Å². The van der Waals surface area contributed by atoms with E-state index in [0.717, 1.165) is 22.6 Å². The highest BCUT2D eigenvalue weighted by Gasteiger charge is 2.26. The zero-order chi connectivity index (χ0) is 28.8. The van der Waals surface area contributed by atoms with Gasteiger partial charge in [-0.05, 0) is 36.6 Å². The minimum Gasteiger partial charge on any atom is -0.486 e. The van der Waals surface area contributed by atoms with Crippen molar-refractivity contribution < 1.29 is 28.5 Å². The Morgan fingerprint density at radius 2 is 2.12 bits per heavy atom. The zero-order valence-corrected chi connectivity index (χ0v) is 23.6. The van der Waals surface area contributed by atoms with Crippen LogP contribution in [-0.4, -0.2) is 91.2 Å². The maximum atomic E-state index is 13.1. The summed E-state index contributed by atoms with van der Waals surface area (Å²) in [4.78, 5) is 28.0. The van der Waals surface area contributed by atoms with Crippen LogP contribution >= 0.6 is 0 Å². The molecule has 1 fully saturated rings. The van der Waals surface area contributed by atoms with E-state index < -0.39 is 6.10 Å². The normalized spacial score (nSPS) is 17.3. The number of likely N-dealkylation sites (N-methyl/N-ethyl adjacent to an activating group) is 1. The average Bonchev–Trinajstić information content (AvgIpc) is 3.38. The highest BCUT2D eigenvalue weighted by Crippen LogP contribution is 2.24. The van der Waals surface area contributed by atoms with E-state index in [1.807, 2.05) is 37.1 Å². The van der Waals surface area contributed by atoms with Gasteiger partial charge in [-0.1, -0.05) is 6.07 Å². The third-order valence-corrected chi connectivity index (χ3v) is 7.23. The largest absolute Gasteiger partial charge is 0.486 e. The number of hydrogen-bond donors (Lipinski definition) is 4. The van der Waals surface area contributed by atoms with Crippen molar-refractivity contribution in [1.29, 1.82) is 0 Å². The lowest BCUT2D eigenvalue weighted by Gasteiger charge is -2.30. The molecule has 3 aromatic rings. The van der Waals surface area contributed by atoms with Crippen molar-refractivity contribution in [2.24, 2.45) is 0 Å². The molecule has 0 aliphatic carbocycles. The maximum absolute atomic E-state index is 13.1. The lowest BCUT2D eigenvalue weighted by molar-refractivity contribution is 0.0209. The van der Waals surface area contributed by atoms with Crippen molar-refractivity contribution in [2.45, 2.75) is 44.7 Å². The van der Waals surface area contributed by atoms with E-state index in [-0.39, 0.29) is 30.2 Å². The van der Waals surface area contributed by atoms with Crippen molar-refractivity contribution in [3.8, 4) is 5.75 Å². The lowest BCUT2D eigenvalue weighted by atomic mass is 9.92. The van der Waals surface area contributed by atoms with Gasteiger partial charge in [-0.15, -0.1) is 0 Å². The number of fused-ring (bicyclic) bond motifs is 1. The highest BCUT2D eigenvalue weighted by molar-refractivity contribution is 5.93. The maximum Gasteiger partial charge on any atom is 0.270 e. The summed E-state index contributed by atoms with van der Waals surface area (Å²) in [6.45, 7) is 5.06. The van der Waals surface area contributed by atoms with Gasteiger partial charge in [0.2, 0.25) is 5.95 Å². The SMILES string of the molecule is COCCN(C)c1nc(NC2COC2)cc(C(=O)NC[C@@H](O)[C@@H]2Cc3ccc(OCc4ocnc4C)cc3CN2)n1. The number of nitrogens with one attached hydrogen (secondary N) is 3. The first-order valence-electron chi connectivity index (χ1n) is 13.7. The van der Waals surface area contributed by atoms with Gasteiger partial charge in [0.05, 0.1) is 37.7 Å². The van der Waals surface area contributed by atoms with Gasteiger partial charge in [-0.25, -0.2) is 9.97 Å². The average molecular weight is 568 g/mol. The van der Waals surface area contributed by atoms with Crippen molar-refractivity contribution in [3.05, 3.63) is 58.9 Å². The Balaban J connectivity index is 1.17. The third kappa shape index (κ3) is 7.30. The van der Waals surface area contributed by atoms with Gasteiger partial charge in [0.25, 0.3) is 5.91 Å². The van der Waals surface area contributed by atoms with Gasteiger partial charge < -0.3 is 44.6 Å². The molecule has 2 aliphatic heterocycles. The second kappa shape index (κ2) is 13.3. The summed E-state index contributed by atoms with van der Waals surface area (Å²) < 4.78 is 21.6.